The summed E-state index contributed by atoms with van der Waals surface area (Å²) < 4.78 is 22.0. The van der Waals surface area contributed by atoms with Crippen LogP contribution in [0, 0.1) is 5.92 Å². The predicted octanol–water partition coefficient (Wildman–Crippen LogP) is 4.79. The van der Waals surface area contributed by atoms with Crippen molar-refractivity contribution in [1.82, 2.24) is 5.32 Å². The second kappa shape index (κ2) is 10.6. The first kappa shape index (κ1) is 23.0. The zero-order chi connectivity index (χ0) is 22.4. The van der Waals surface area contributed by atoms with Crippen LogP contribution in [0.25, 0.3) is 0 Å². The molecule has 1 heterocycles. The molecule has 31 heavy (non-hydrogen) atoms. The van der Waals surface area contributed by atoms with Gasteiger partial charge in [0, 0.05) is 18.2 Å². The van der Waals surface area contributed by atoms with Gasteiger partial charge in [0.05, 0.1) is 30.5 Å². The minimum atomic E-state index is -0.206. The van der Waals surface area contributed by atoms with Gasteiger partial charge in [-0.25, -0.2) is 0 Å². The Morgan fingerprint density at radius 2 is 1.74 bits per heavy atom. The third-order valence-electron chi connectivity index (χ3n) is 4.81. The van der Waals surface area contributed by atoms with Crippen LogP contribution in [0.1, 0.15) is 39.3 Å². The van der Waals surface area contributed by atoms with E-state index in [0.717, 1.165) is 5.56 Å². The molecular formula is C23H29ClN2O5. The van der Waals surface area contributed by atoms with Crippen molar-refractivity contribution in [2.45, 2.75) is 33.7 Å². The fourth-order valence-corrected chi connectivity index (χ4v) is 3.61. The Balaban J connectivity index is 1.68. The summed E-state index contributed by atoms with van der Waals surface area (Å²) in [6.45, 7) is 9.44. The maximum Gasteiger partial charge on any atom is 0.238 e. The second-order valence-electron chi connectivity index (χ2n) is 7.41. The van der Waals surface area contributed by atoms with Gasteiger partial charge in [0.25, 0.3) is 0 Å². The fourth-order valence-electron chi connectivity index (χ4n) is 3.41. The predicted molar refractivity (Wildman–Crippen MR) is 121 cm³/mol. The monoisotopic (exact) mass is 448 g/mol. The van der Waals surface area contributed by atoms with Crippen LogP contribution in [0.15, 0.2) is 30.3 Å². The third-order valence-corrected chi connectivity index (χ3v) is 5.12. The number of carbonyl (C=O) groups is 1. The molecule has 0 bridgehead atoms. The SMILES string of the molecule is CCOc1ccc([C@@H](NCC(=O)Nc2cc3c(cc2Cl)OCO3)C(C)C)cc1OCC. The van der Waals surface area contributed by atoms with E-state index in [2.05, 4.69) is 24.5 Å². The van der Waals surface area contributed by atoms with E-state index in [1.807, 2.05) is 32.0 Å². The van der Waals surface area contributed by atoms with E-state index < -0.39 is 0 Å². The molecule has 0 radical (unpaired) electrons. The number of amides is 1. The summed E-state index contributed by atoms with van der Waals surface area (Å²) in [5.74, 6) is 2.58. The molecule has 1 aliphatic heterocycles. The van der Waals surface area contributed by atoms with E-state index in [9.17, 15) is 4.79 Å². The van der Waals surface area contributed by atoms with Crippen LogP contribution >= 0.6 is 11.6 Å². The van der Waals surface area contributed by atoms with Crippen LogP contribution in [0.4, 0.5) is 5.69 Å². The Morgan fingerprint density at radius 1 is 1.06 bits per heavy atom. The van der Waals surface area contributed by atoms with Crippen molar-refractivity contribution in [2.24, 2.45) is 5.92 Å². The van der Waals surface area contributed by atoms with E-state index in [4.69, 9.17) is 30.5 Å². The average Bonchev–Trinajstić information content (AvgIpc) is 3.17. The van der Waals surface area contributed by atoms with Crippen LogP contribution in [0.5, 0.6) is 23.0 Å². The van der Waals surface area contributed by atoms with Crippen LogP contribution < -0.4 is 29.6 Å². The largest absolute Gasteiger partial charge is 0.490 e. The van der Waals surface area contributed by atoms with Gasteiger partial charge in [-0.1, -0.05) is 31.5 Å². The van der Waals surface area contributed by atoms with Gasteiger partial charge in [-0.05, 0) is 37.5 Å². The van der Waals surface area contributed by atoms with Gasteiger partial charge < -0.3 is 29.6 Å². The topological polar surface area (TPSA) is 78.1 Å². The highest BCUT2D eigenvalue weighted by atomic mass is 35.5. The van der Waals surface area contributed by atoms with Crippen LogP contribution in [0.2, 0.25) is 5.02 Å². The van der Waals surface area contributed by atoms with Crippen LogP contribution in [-0.4, -0.2) is 32.5 Å². The lowest BCUT2D eigenvalue weighted by atomic mass is 9.95. The summed E-state index contributed by atoms with van der Waals surface area (Å²) in [6, 6.07) is 9.14. The number of nitrogens with one attached hydrogen (secondary N) is 2. The number of rotatable bonds is 10. The molecule has 0 saturated heterocycles. The number of hydrogen-bond donors (Lipinski definition) is 2. The highest BCUT2D eigenvalue weighted by Gasteiger charge is 2.21. The number of hydrogen-bond acceptors (Lipinski definition) is 6. The molecule has 0 unspecified atom stereocenters. The number of benzene rings is 2. The molecule has 1 atom stereocenters. The van der Waals surface area contributed by atoms with E-state index in [1.165, 1.54) is 0 Å². The molecule has 1 aliphatic rings. The Morgan fingerprint density at radius 3 is 2.42 bits per heavy atom. The molecule has 168 valence electrons. The summed E-state index contributed by atoms with van der Waals surface area (Å²) >= 11 is 6.25. The van der Waals surface area contributed by atoms with Gasteiger partial charge in [0.2, 0.25) is 12.7 Å². The molecule has 8 heteroatoms. The van der Waals surface area contributed by atoms with Crippen molar-refractivity contribution < 1.29 is 23.7 Å². The molecular weight excluding hydrogens is 420 g/mol. The van der Waals surface area contributed by atoms with Crippen LogP contribution in [0.3, 0.4) is 0 Å². The molecule has 0 spiro atoms. The highest BCUT2D eigenvalue weighted by Crippen LogP contribution is 2.39. The number of ether oxygens (including phenoxy) is 4. The van der Waals surface area contributed by atoms with Crippen molar-refractivity contribution in [2.75, 3.05) is 31.9 Å². The van der Waals surface area contributed by atoms with Gasteiger partial charge in [-0.3, -0.25) is 4.79 Å². The minimum Gasteiger partial charge on any atom is -0.490 e. The van der Waals surface area contributed by atoms with Crippen molar-refractivity contribution >= 4 is 23.2 Å². The Labute approximate surface area is 188 Å². The summed E-state index contributed by atoms with van der Waals surface area (Å²) in [7, 11) is 0. The van der Waals surface area contributed by atoms with E-state index >= 15 is 0 Å². The van der Waals surface area contributed by atoms with Crippen molar-refractivity contribution in [3.63, 3.8) is 0 Å². The first-order valence-electron chi connectivity index (χ1n) is 10.4. The zero-order valence-electron chi connectivity index (χ0n) is 18.3. The summed E-state index contributed by atoms with van der Waals surface area (Å²) in [5.41, 5.74) is 1.51. The zero-order valence-corrected chi connectivity index (χ0v) is 19.0. The number of carbonyl (C=O) groups excluding carboxylic acids is 1. The molecule has 0 aliphatic carbocycles. The minimum absolute atomic E-state index is 0.0483. The van der Waals surface area contributed by atoms with Crippen molar-refractivity contribution in [1.29, 1.82) is 0 Å². The maximum absolute atomic E-state index is 12.6. The van der Waals surface area contributed by atoms with Gasteiger partial charge in [-0.15, -0.1) is 0 Å². The first-order chi connectivity index (χ1) is 14.9. The fraction of sp³-hybridized carbons (Fsp3) is 0.435. The number of anilines is 1. The van der Waals surface area contributed by atoms with Gasteiger partial charge in [0.15, 0.2) is 23.0 Å². The Kier molecular flexibility index (Phi) is 7.87. The van der Waals surface area contributed by atoms with Gasteiger partial charge in [-0.2, -0.15) is 0 Å². The van der Waals surface area contributed by atoms with Gasteiger partial charge >= 0.3 is 0 Å². The summed E-state index contributed by atoms with van der Waals surface area (Å²) in [6.07, 6.45) is 0. The molecule has 0 fully saturated rings. The number of halogens is 1. The molecule has 1 amide bonds. The smallest absolute Gasteiger partial charge is 0.238 e. The Bertz CT molecular complexity index is 919. The van der Waals surface area contributed by atoms with E-state index in [-0.39, 0.29) is 31.2 Å². The molecule has 0 aromatic heterocycles. The van der Waals surface area contributed by atoms with E-state index in [0.29, 0.717) is 46.9 Å². The van der Waals surface area contributed by atoms with Crippen molar-refractivity contribution in [3.05, 3.63) is 40.9 Å². The molecule has 3 rings (SSSR count). The maximum atomic E-state index is 12.6. The molecule has 2 N–H and O–H groups in total. The van der Waals surface area contributed by atoms with Gasteiger partial charge in [0.1, 0.15) is 0 Å². The Hall–Kier alpha value is -2.64. The molecule has 2 aromatic carbocycles. The normalized spacial score (nSPS) is 13.2. The van der Waals surface area contributed by atoms with Crippen LogP contribution in [-0.2, 0) is 4.79 Å². The summed E-state index contributed by atoms with van der Waals surface area (Å²) in [4.78, 5) is 12.6. The molecule has 2 aromatic rings. The van der Waals surface area contributed by atoms with E-state index in [1.54, 1.807) is 12.1 Å². The lowest BCUT2D eigenvalue weighted by Crippen LogP contribution is -2.33. The lowest BCUT2D eigenvalue weighted by Gasteiger charge is -2.24. The summed E-state index contributed by atoms with van der Waals surface area (Å²) in [5, 5.41) is 6.56. The third kappa shape index (κ3) is 5.74. The number of fused-ring (bicyclic) bond motifs is 1. The average molecular weight is 449 g/mol. The molecule has 7 nitrogen and oxygen atoms in total. The first-order valence-corrected chi connectivity index (χ1v) is 10.8. The highest BCUT2D eigenvalue weighted by molar-refractivity contribution is 6.34. The quantitative estimate of drug-likeness (QED) is 0.544. The molecule has 0 saturated carbocycles. The standard InChI is InChI=1S/C23H29ClN2O5/c1-5-28-18-8-7-15(9-19(18)29-6-2)23(14(3)4)25-12-22(27)26-17-11-21-20(10-16(17)24)30-13-31-21/h7-11,14,23,25H,5-6,12-13H2,1-4H3,(H,26,27)/t23-/m0/s1. The lowest BCUT2D eigenvalue weighted by molar-refractivity contribution is -0.115. The van der Waals surface area contributed by atoms with Crippen molar-refractivity contribution in [3.8, 4) is 23.0 Å². The second-order valence-corrected chi connectivity index (χ2v) is 7.82.